The van der Waals surface area contributed by atoms with Crippen LogP contribution < -0.4 is 19.9 Å². The van der Waals surface area contributed by atoms with E-state index in [0.29, 0.717) is 17.2 Å². The summed E-state index contributed by atoms with van der Waals surface area (Å²) in [4.78, 5) is 11.8. The average Bonchev–Trinajstić information content (AvgIpc) is 2.53. The van der Waals surface area contributed by atoms with E-state index in [9.17, 15) is 13.2 Å². The minimum absolute atomic E-state index is 0.0774. The summed E-state index contributed by atoms with van der Waals surface area (Å²) in [5.74, 6) is 0.772. The summed E-state index contributed by atoms with van der Waals surface area (Å²) in [7, 11) is -2.26. The summed E-state index contributed by atoms with van der Waals surface area (Å²) in [6.45, 7) is -0.216. The van der Waals surface area contributed by atoms with Crippen LogP contribution in [0.4, 0.5) is 5.69 Å². The van der Waals surface area contributed by atoms with Crippen LogP contribution >= 0.6 is 0 Å². The maximum atomic E-state index is 11.8. The van der Waals surface area contributed by atoms with Crippen molar-refractivity contribution in [2.45, 2.75) is 4.90 Å². The quantitative estimate of drug-likeness (QED) is 0.828. The summed E-state index contributed by atoms with van der Waals surface area (Å²) >= 11 is 0. The number of anilines is 1. The fourth-order valence-corrected chi connectivity index (χ4v) is 2.33. The van der Waals surface area contributed by atoms with Crippen molar-refractivity contribution in [3.05, 3.63) is 48.5 Å². The van der Waals surface area contributed by atoms with Gasteiger partial charge in [-0.15, -0.1) is 0 Å². The summed E-state index contributed by atoms with van der Waals surface area (Å²) in [6.07, 6.45) is 0. The van der Waals surface area contributed by atoms with Crippen molar-refractivity contribution < 1.29 is 22.7 Å². The van der Waals surface area contributed by atoms with E-state index in [1.165, 1.54) is 18.2 Å². The van der Waals surface area contributed by atoms with Crippen molar-refractivity contribution in [1.29, 1.82) is 0 Å². The molecule has 3 N–H and O–H groups in total. The van der Waals surface area contributed by atoms with Gasteiger partial charge >= 0.3 is 0 Å². The molecule has 7 nitrogen and oxygen atoms in total. The highest BCUT2D eigenvalue weighted by molar-refractivity contribution is 7.89. The summed E-state index contributed by atoms with van der Waals surface area (Å²) in [5.41, 5.74) is 0.319. The number of primary sulfonamides is 1. The zero-order valence-corrected chi connectivity index (χ0v) is 13.2. The molecular weight excluding hydrogens is 320 g/mol. The Morgan fingerprint density at radius 2 is 1.78 bits per heavy atom. The van der Waals surface area contributed by atoms with E-state index in [0.717, 1.165) is 0 Å². The summed E-state index contributed by atoms with van der Waals surface area (Å²) in [6, 6.07) is 12.4. The molecule has 2 aromatic rings. The Balaban J connectivity index is 1.94. The molecule has 0 atom stereocenters. The molecule has 0 radical (unpaired) electrons. The lowest BCUT2D eigenvalue weighted by molar-refractivity contribution is -0.118. The van der Waals surface area contributed by atoms with Gasteiger partial charge < -0.3 is 14.8 Å². The van der Waals surface area contributed by atoms with E-state index < -0.39 is 15.9 Å². The Morgan fingerprint density at radius 3 is 2.39 bits per heavy atom. The number of nitrogens with two attached hydrogens (primary N) is 1. The molecule has 0 aliphatic carbocycles. The van der Waals surface area contributed by atoms with Crippen LogP contribution in [0, 0.1) is 0 Å². The number of methoxy groups -OCH3 is 1. The van der Waals surface area contributed by atoms with E-state index >= 15 is 0 Å². The van der Waals surface area contributed by atoms with Crippen molar-refractivity contribution in [3.63, 3.8) is 0 Å². The van der Waals surface area contributed by atoms with Crippen LogP contribution in [0.25, 0.3) is 0 Å². The molecule has 0 aliphatic rings. The van der Waals surface area contributed by atoms with Gasteiger partial charge in [-0.25, -0.2) is 13.6 Å². The second-order valence-electron chi connectivity index (χ2n) is 4.59. The van der Waals surface area contributed by atoms with Gasteiger partial charge in [0.15, 0.2) is 6.61 Å². The van der Waals surface area contributed by atoms with Gasteiger partial charge in [-0.3, -0.25) is 4.79 Å². The molecule has 0 heterocycles. The number of hydrogen-bond acceptors (Lipinski definition) is 5. The fourth-order valence-electron chi connectivity index (χ4n) is 1.77. The molecule has 0 aromatic heterocycles. The summed E-state index contributed by atoms with van der Waals surface area (Å²) < 4.78 is 32.9. The number of benzene rings is 2. The first-order valence-electron chi connectivity index (χ1n) is 6.58. The van der Waals surface area contributed by atoms with Gasteiger partial charge in [0.05, 0.1) is 12.0 Å². The predicted molar refractivity (Wildman–Crippen MR) is 84.9 cm³/mol. The third-order valence-corrected chi connectivity index (χ3v) is 3.79. The molecule has 0 saturated carbocycles. The largest absolute Gasteiger partial charge is 0.497 e. The first kappa shape index (κ1) is 16.8. The Bertz CT molecular complexity index is 788. The molecule has 2 aromatic carbocycles. The number of carbonyl (C=O) groups excluding carboxylic acids is 1. The van der Waals surface area contributed by atoms with Gasteiger partial charge in [0.2, 0.25) is 10.0 Å². The Morgan fingerprint density at radius 1 is 1.13 bits per heavy atom. The van der Waals surface area contributed by atoms with Crippen LogP contribution in [0.2, 0.25) is 0 Å². The molecule has 122 valence electrons. The predicted octanol–water partition coefficient (Wildman–Crippen LogP) is 1.36. The minimum atomic E-state index is -3.82. The van der Waals surface area contributed by atoms with Gasteiger partial charge in [-0.1, -0.05) is 6.07 Å². The molecule has 0 unspecified atom stereocenters. The van der Waals surface area contributed by atoms with E-state index in [1.54, 1.807) is 37.4 Å². The first-order valence-corrected chi connectivity index (χ1v) is 8.13. The highest BCUT2D eigenvalue weighted by Gasteiger charge is 2.10. The Labute approximate surface area is 134 Å². The molecule has 0 fully saturated rings. The number of rotatable bonds is 6. The number of carbonyl (C=O) groups is 1. The SMILES string of the molecule is COc1ccc(OCC(=O)Nc2cccc(S(N)(=O)=O)c2)cc1. The van der Waals surface area contributed by atoms with Crippen LogP contribution in [0.15, 0.2) is 53.4 Å². The van der Waals surface area contributed by atoms with Gasteiger partial charge in [-0.2, -0.15) is 0 Å². The molecule has 1 amide bonds. The maximum absolute atomic E-state index is 11.8. The topological polar surface area (TPSA) is 108 Å². The van der Waals surface area contributed by atoms with Crippen LogP contribution in [0.1, 0.15) is 0 Å². The molecule has 0 spiro atoms. The smallest absolute Gasteiger partial charge is 0.262 e. The van der Waals surface area contributed by atoms with E-state index in [4.69, 9.17) is 14.6 Å². The van der Waals surface area contributed by atoms with Gasteiger partial charge in [-0.05, 0) is 42.5 Å². The van der Waals surface area contributed by atoms with E-state index in [1.807, 2.05) is 0 Å². The number of hydrogen-bond donors (Lipinski definition) is 2. The number of nitrogens with one attached hydrogen (secondary N) is 1. The van der Waals surface area contributed by atoms with Crippen molar-refractivity contribution >= 4 is 21.6 Å². The molecular formula is C15H16N2O5S. The number of sulfonamides is 1. The van der Waals surface area contributed by atoms with Crippen LogP contribution in [0.5, 0.6) is 11.5 Å². The van der Waals surface area contributed by atoms with Gasteiger partial charge in [0.25, 0.3) is 5.91 Å². The van der Waals surface area contributed by atoms with Gasteiger partial charge in [0.1, 0.15) is 11.5 Å². The highest BCUT2D eigenvalue weighted by Crippen LogP contribution is 2.17. The normalized spacial score (nSPS) is 10.9. The molecule has 0 saturated heterocycles. The fraction of sp³-hybridized carbons (Fsp3) is 0.133. The Kier molecular flexibility index (Phi) is 5.20. The molecule has 0 aliphatic heterocycles. The first-order chi connectivity index (χ1) is 10.9. The molecule has 2 rings (SSSR count). The molecule has 23 heavy (non-hydrogen) atoms. The lowest BCUT2D eigenvalue weighted by atomic mass is 10.3. The standard InChI is InChI=1S/C15H16N2O5S/c1-21-12-5-7-13(8-6-12)22-10-15(18)17-11-3-2-4-14(9-11)23(16,19)20/h2-9H,10H2,1H3,(H,17,18)(H2,16,19,20). The lowest BCUT2D eigenvalue weighted by Gasteiger charge is -2.09. The zero-order valence-electron chi connectivity index (χ0n) is 12.4. The van der Waals surface area contributed by atoms with Crippen molar-refractivity contribution in [3.8, 4) is 11.5 Å². The van der Waals surface area contributed by atoms with Crippen molar-refractivity contribution in [1.82, 2.24) is 0 Å². The molecule has 8 heteroatoms. The van der Waals surface area contributed by atoms with E-state index in [-0.39, 0.29) is 11.5 Å². The van der Waals surface area contributed by atoms with Crippen molar-refractivity contribution in [2.24, 2.45) is 5.14 Å². The maximum Gasteiger partial charge on any atom is 0.262 e. The van der Waals surface area contributed by atoms with E-state index in [2.05, 4.69) is 5.32 Å². The number of ether oxygens (including phenoxy) is 2. The zero-order chi connectivity index (χ0) is 16.9. The third kappa shape index (κ3) is 4.97. The van der Waals surface area contributed by atoms with Crippen LogP contribution in [0.3, 0.4) is 0 Å². The molecule has 0 bridgehead atoms. The lowest BCUT2D eigenvalue weighted by Crippen LogP contribution is -2.20. The second-order valence-corrected chi connectivity index (χ2v) is 6.15. The number of amides is 1. The second kappa shape index (κ2) is 7.12. The summed E-state index contributed by atoms with van der Waals surface area (Å²) in [5, 5.41) is 7.58. The van der Waals surface area contributed by atoms with Crippen LogP contribution in [-0.4, -0.2) is 28.0 Å². The van der Waals surface area contributed by atoms with Crippen molar-refractivity contribution in [2.75, 3.05) is 19.0 Å². The monoisotopic (exact) mass is 336 g/mol. The van der Waals surface area contributed by atoms with Gasteiger partial charge in [0, 0.05) is 5.69 Å². The van der Waals surface area contributed by atoms with Crippen LogP contribution in [-0.2, 0) is 14.8 Å². The highest BCUT2D eigenvalue weighted by atomic mass is 32.2. The minimum Gasteiger partial charge on any atom is -0.497 e. The Hall–Kier alpha value is -2.58. The average molecular weight is 336 g/mol. The third-order valence-electron chi connectivity index (χ3n) is 2.88.